The van der Waals surface area contributed by atoms with Crippen LogP contribution in [-0.4, -0.2) is 5.66 Å². The fourth-order valence-electron chi connectivity index (χ4n) is 3.22. The van der Waals surface area contributed by atoms with E-state index in [0.29, 0.717) is 5.66 Å². The molecule has 1 saturated carbocycles. The molecule has 3 heteroatoms. The Morgan fingerprint density at radius 2 is 1.75 bits per heavy atom. The molecule has 2 aromatic rings. The van der Waals surface area contributed by atoms with Crippen LogP contribution < -0.4 is 4.62 Å². The maximum absolute atomic E-state index is 13.8. The molecule has 0 bridgehead atoms. The molecule has 0 aliphatic heterocycles. The quantitative estimate of drug-likeness (QED) is 0.703. The van der Waals surface area contributed by atoms with Gasteiger partial charge in [-0.25, -0.2) is 0 Å². The average Bonchev–Trinajstić information content (AvgIpc) is 3.04. The second kappa shape index (κ2) is 6.28. The highest BCUT2D eigenvalue weighted by atomic mass is 32.1. The fourth-order valence-corrected chi connectivity index (χ4v) is 8.28. The lowest BCUT2D eigenvalue weighted by atomic mass is 10.0. The molecule has 1 nitrogen and oxygen atoms in total. The predicted octanol–water partition coefficient (Wildman–Crippen LogP) is 5.27. The summed E-state index contributed by atoms with van der Waals surface area (Å²) in [5, 5.41) is 2.07. The third-order valence-electron chi connectivity index (χ3n) is 4.30. The zero-order chi connectivity index (χ0) is 13.8. The lowest BCUT2D eigenvalue weighted by molar-refractivity contribution is 0.486. The molecule has 20 heavy (non-hydrogen) atoms. The topological polar surface area (TPSA) is 17.1 Å². The van der Waals surface area contributed by atoms with Gasteiger partial charge in [-0.2, -0.15) is 0 Å². The van der Waals surface area contributed by atoms with Crippen molar-refractivity contribution in [2.75, 3.05) is 0 Å². The first-order valence-electron chi connectivity index (χ1n) is 7.46. The Morgan fingerprint density at radius 1 is 1.00 bits per heavy atom. The highest BCUT2D eigenvalue weighted by molar-refractivity contribution is 7.76. The largest absolute Gasteiger partial charge is 0.317 e. The first kappa shape index (κ1) is 14.1. The summed E-state index contributed by atoms with van der Waals surface area (Å²) in [5.41, 5.74) is 1.62. The summed E-state index contributed by atoms with van der Waals surface area (Å²) in [7, 11) is -2.30. The molecule has 0 spiro atoms. The number of hydrogen-bond acceptors (Lipinski definition) is 2. The van der Waals surface area contributed by atoms with Crippen LogP contribution in [-0.2, 0) is 10.7 Å². The van der Waals surface area contributed by atoms with Gasteiger partial charge in [-0.1, -0.05) is 55.7 Å². The van der Waals surface area contributed by atoms with E-state index < -0.39 is 7.14 Å². The summed E-state index contributed by atoms with van der Waals surface area (Å²) in [6.45, 7) is 0. The normalized spacial score (nSPS) is 19.6. The SMILES string of the molecule is O=P(Cc1ccccc1)(c1cccs1)C1CCCCC1. The minimum atomic E-state index is -2.30. The number of thiophene rings is 1. The Morgan fingerprint density at radius 3 is 2.40 bits per heavy atom. The maximum atomic E-state index is 13.8. The van der Waals surface area contributed by atoms with Gasteiger partial charge in [0.25, 0.3) is 0 Å². The van der Waals surface area contributed by atoms with Crippen molar-refractivity contribution >= 4 is 23.1 Å². The van der Waals surface area contributed by atoms with Crippen LogP contribution in [0.2, 0.25) is 0 Å². The lowest BCUT2D eigenvalue weighted by Crippen LogP contribution is -2.20. The van der Waals surface area contributed by atoms with Crippen LogP contribution in [0.3, 0.4) is 0 Å². The van der Waals surface area contributed by atoms with Gasteiger partial charge in [0.1, 0.15) is 7.14 Å². The minimum Gasteiger partial charge on any atom is -0.317 e. The molecular formula is C17H21OPS. The molecular weight excluding hydrogens is 283 g/mol. The van der Waals surface area contributed by atoms with E-state index in [0.717, 1.165) is 23.6 Å². The average molecular weight is 304 g/mol. The summed E-state index contributed by atoms with van der Waals surface area (Å²) in [6.07, 6.45) is 6.82. The molecule has 1 unspecified atom stereocenters. The molecule has 1 heterocycles. The molecule has 106 valence electrons. The van der Waals surface area contributed by atoms with Crippen LogP contribution in [0, 0.1) is 0 Å². The van der Waals surface area contributed by atoms with Crippen molar-refractivity contribution in [1.29, 1.82) is 0 Å². The highest BCUT2D eigenvalue weighted by Crippen LogP contribution is 2.57. The summed E-state index contributed by atoms with van der Waals surface area (Å²) in [6, 6.07) is 14.5. The summed E-state index contributed by atoms with van der Waals surface area (Å²) in [4.78, 5) is 0. The van der Waals surface area contributed by atoms with Crippen LogP contribution in [0.5, 0.6) is 0 Å². The van der Waals surface area contributed by atoms with Gasteiger partial charge in [-0.3, -0.25) is 0 Å². The Balaban J connectivity index is 1.93. The van der Waals surface area contributed by atoms with Gasteiger partial charge in [0, 0.05) is 11.8 Å². The second-order valence-corrected chi connectivity index (χ2v) is 10.1. The van der Waals surface area contributed by atoms with E-state index in [-0.39, 0.29) is 0 Å². The van der Waals surface area contributed by atoms with Crippen molar-refractivity contribution in [3.63, 3.8) is 0 Å². The van der Waals surface area contributed by atoms with Crippen LogP contribution in [0.15, 0.2) is 47.8 Å². The molecule has 1 fully saturated rings. The Labute approximate surface area is 125 Å². The molecule has 0 N–H and O–H groups in total. The van der Waals surface area contributed by atoms with Crippen molar-refractivity contribution in [1.82, 2.24) is 0 Å². The van der Waals surface area contributed by atoms with E-state index in [1.807, 2.05) is 12.1 Å². The van der Waals surface area contributed by atoms with Gasteiger partial charge in [-0.15, -0.1) is 11.3 Å². The van der Waals surface area contributed by atoms with E-state index >= 15 is 0 Å². The van der Waals surface area contributed by atoms with Gasteiger partial charge in [0.15, 0.2) is 0 Å². The standard InChI is InChI=1S/C17H21OPS/c18-19(17-12-7-13-20-17,16-10-5-2-6-11-16)14-15-8-3-1-4-9-15/h1,3-4,7-9,12-13,16H,2,5-6,10-11,14H2. The molecule has 0 radical (unpaired) electrons. The first-order chi connectivity index (χ1) is 9.79. The number of benzene rings is 1. The number of hydrogen-bond donors (Lipinski definition) is 0. The van der Waals surface area contributed by atoms with Crippen molar-refractivity contribution in [3.05, 3.63) is 53.4 Å². The van der Waals surface area contributed by atoms with E-state index in [1.165, 1.54) is 24.8 Å². The molecule has 0 amide bonds. The molecule has 1 aromatic carbocycles. The third kappa shape index (κ3) is 2.92. The predicted molar refractivity (Wildman–Crippen MR) is 88.6 cm³/mol. The van der Waals surface area contributed by atoms with Crippen molar-refractivity contribution in [2.45, 2.75) is 43.9 Å². The van der Waals surface area contributed by atoms with Crippen molar-refractivity contribution in [3.8, 4) is 0 Å². The summed E-state index contributed by atoms with van der Waals surface area (Å²) < 4.78 is 14.9. The Bertz CT molecular complexity index is 570. The molecule has 1 aromatic heterocycles. The van der Waals surface area contributed by atoms with Crippen LogP contribution >= 0.6 is 18.5 Å². The molecule has 0 saturated heterocycles. The van der Waals surface area contributed by atoms with Gasteiger partial charge in [-0.05, 0) is 29.9 Å². The molecule has 1 aliphatic carbocycles. The van der Waals surface area contributed by atoms with Crippen LogP contribution in [0.25, 0.3) is 0 Å². The highest BCUT2D eigenvalue weighted by Gasteiger charge is 2.36. The van der Waals surface area contributed by atoms with Gasteiger partial charge < -0.3 is 4.57 Å². The first-order valence-corrected chi connectivity index (χ1v) is 10.3. The lowest BCUT2D eigenvalue weighted by Gasteiger charge is -2.30. The van der Waals surface area contributed by atoms with Gasteiger partial charge >= 0.3 is 0 Å². The van der Waals surface area contributed by atoms with E-state index in [1.54, 1.807) is 11.3 Å². The zero-order valence-corrected chi connectivity index (χ0v) is 13.4. The van der Waals surface area contributed by atoms with Gasteiger partial charge in [0.05, 0.1) is 4.62 Å². The minimum absolute atomic E-state index is 0.398. The number of rotatable bonds is 4. The zero-order valence-electron chi connectivity index (χ0n) is 11.7. The third-order valence-corrected chi connectivity index (χ3v) is 9.64. The van der Waals surface area contributed by atoms with E-state index in [4.69, 9.17) is 0 Å². The van der Waals surface area contributed by atoms with Crippen LogP contribution in [0.1, 0.15) is 37.7 Å². The molecule has 1 atom stereocenters. The molecule has 1 aliphatic rings. The van der Waals surface area contributed by atoms with E-state index in [9.17, 15) is 4.57 Å². The Kier molecular flexibility index (Phi) is 4.43. The maximum Gasteiger partial charge on any atom is 0.132 e. The summed E-state index contributed by atoms with van der Waals surface area (Å²) >= 11 is 1.68. The smallest absolute Gasteiger partial charge is 0.132 e. The van der Waals surface area contributed by atoms with E-state index in [2.05, 4.69) is 35.7 Å². The summed E-state index contributed by atoms with van der Waals surface area (Å²) in [5.74, 6) is 0. The van der Waals surface area contributed by atoms with Crippen molar-refractivity contribution in [2.24, 2.45) is 0 Å². The molecule has 3 rings (SSSR count). The van der Waals surface area contributed by atoms with Gasteiger partial charge in [0.2, 0.25) is 0 Å². The van der Waals surface area contributed by atoms with Crippen molar-refractivity contribution < 1.29 is 4.57 Å². The second-order valence-electron chi connectivity index (χ2n) is 5.68. The van der Waals surface area contributed by atoms with Crippen LogP contribution in [0.4, 0.5) is 0 Å². The monoisotopic (exact) mass is 304 g/mol. The fraction of sp³-hybridized carbons (Fsp3) is 0.412. The Hall–Kier alpha value is -0.850.